The number of carbonyl (C=O) groups is 1. The van der Waals surface area contributed by atoms with E-state index in [1.807, 2.05) is 61.3 Å². The number of aryl methyl sites for hydroxylation is 1. The van der Waals surface area contributed by atoms with Gasteiger partial charge in [-0.05, 0) is 37.2 Å². The molecule has 0 unspecified atom stereocenters. The van der Waals surface area contributed by atoms with E-state index in [0.717, 1.165) is 16.7 Å². The second kappa shape index (κ2) is 6.83. The molecular formula is C18H18N2O. The molecule has 3 heteroatoms. The topological polar surface area (TPSA) is 44.1 Å². The van der Waals surface area contributed by atoms with E-state index in [4.69, 9.17) is 5.26 Å². The predicted octanol–water partition coefficient (Wildman–Crippen LogP) is 3.18. The van der Waals surface area contributed by atoms with Crippen LogP contribution in [0.15, 0.2) is 48.5 Å². The molecule has 0 aliphatic carbocycles. The van der Waals surface area contributed by atoms with Gasteiger partial charge in [0.05, 0.1) is 18.2 Å². The van der Waals surface area contributed by atoms with Gasteiger partial charge in [0.15, 0.2) is 5.78 Å². The molecule has 106 valence electrons. The van der Waals surface area contributed by atoms with Crippen LogP contribution in [0.5, 0.6) is 0 Å². The van der Waals surface area contributed by atoms with Gasteiger partial charge in [-0.25, -0.2) is 0 Å². The maximum Gasteiger partial charge on any atom is 0.177 e. The normalized spacial score (nSPS) is 10.4. The van der Waals surface area contributed by atoms with E-state index in [-0.39, 0.29) is 5.78 Å². The summed E-state index contributed by atoms with van der Waals surface area (Å²) in [5.74, 6) is 0.118. The average Bonchev–Trinajstić information content (AvgIpc) is 2.47. The van der Waals surface area contributed by atoms with Crippen molar-refractivity contribution in [1.82, 2.24) is 4.90 Å². The van der Waals surface area contributed by atoms with Crippen LogP contribution < -0.4 is 0 Å². The molecule has 0 fully saturated rings. The Morgan fingerprint density at radius 1 is 1.19 bits per heavy atom. The number of likely N-dealkylation sites (N-methyl/N-ethyl adjacent to an activating group) is 1. The van der Waals surface area contributed by atoms with E-state index in [2.05, 4.69) is 6.07 Å². The lowest BCUT2D eigenvalue weighted by atomic mass is 10.0. The van der Waals surface area contributed by atoms with Gasteiger partial charge < -0.3 is 0 Å². The molecule has 0 aliphatic heterocycles. The number of ketones is 1. The molecule has 0 atom stereocenters. The number of carbonyl (C=O) groups excluding carboxylic acids is 1. The monoisotopic (exact) mass is 278 g/mol. The SMILES string of the molecule is Cc1ccccc1C(=O)CN(C)Cc1cccc(C#N)c1. The molecular weight excluding hydrogens is 260 g/mol. The summed E-state index contributed by atoms with van der Waals surface area (Å²) in [5, 5.41) is 8.90. The van der Waals surface area contributed by atoms with Crippen molar-refractivity contribution in [2.75, 3.05) is 13.6 Å². The van der Waals surface area contributed by atoms with Gasteiger partial charge in [-0.1, -0.05) is 36.4 Å². The first kappa shape index (κ1) is 15.0. The molecule has 21 heavy (non-hydrogen) atoms. The fourth-order valence-corrected chi connectivity index (χ4v) is 2.32. The van der Waals surface area contributed by atoms with Gasteiger partial charge in [0.1, 0.15) is 0 Å². The molecule has 0 saturated carbocycles. The molecule has 0 heterocycles. The van der Waals surface area contributed by atoms with E-state index in [0.29, 0.717) is 18.7 Å². The highest BCUT2D eigenvalue weighted by molar-refractivity contribution is 5.98. The van der Waals surface area contributed by atoms with Crippen LogP contribution in [0.4, 0.5) is 0 Å². The fraction of sp³-hybridized carbons (Fsp3) is 0.222. The van der Waals surface area contributed by atoms with Crippen LogP contribution in [0.2, 0.25) is 0 Å². The van der Waals surface area contributed by atoms with Crippen molar-refractivity contribution in [2.45, 2.75) is 13.5 Å². The number of nitrogens with zero attached hydrogens (tertiary/aromatic N) is 2. The van der Waals surface area contributed by atoms with Crippen molar-refractivity contribution in [1.29, 1.82) is 5.26 Å². The first-order valence-electron chi connectivity index (χ1n) is 6.86. The molecule has 0 aliphatic rings. The zero-order valence-electron chi connectivity index (χ0n) is 12.3. The Morgan fingerprint density at radius 3 is 2.67 bits per heavy atom. The zero-order valence-corrected chi connectivity index (χ0v) is 12.3. The maximum atomic E-state index is 12.3. The Hall–Kier alpha value is -2.44. The summed E-state index contributed by atoms with van der Waals surface area (Å²) < 4.78 is 0. The molecule has 3 nitrogen and oxygen atoms in total. The van der Waals surface area contributed by atoms with Crippen molar-refractivity contribution < 1.29 is 4.79 Å². The third-order valence-electron chi connectivity index (χ3n) is 3.37. The molecule has 2 aromatic carbocycles. The number of rotatable bonds is 5. The van der Waals surface area contributed by atoms with Crippen LogP contribution in [-0.4, -0.2) is 24.3 Å². The largest absolute Gasteiger partial charge is 0.295 e. The van der Waals surface area contributed by atoms with Crippen molar-refractivity contribution in [3.05, 3.63) is 70.8 Å². The summed E-state index contributed by atoms with van der Waals surface area (Å²) in [7, 11) is 1.91. The van der Waals surface area contributed by atoms with Gasteiger partial charge in [0.2, 0.25) is 0 Å². The van der Waals surface area contributed by atoms with Crippen molar-refractivity contribution >= 4 is 5.78 Å². The molecule has 2 aromatic rings. The minimum Gasteiger partial charge on any atom is -0.295 e. The van der Waals surface area contributed by atoms with Crippen molar-refractivity contribution in [3.8, 4) is 6.07 Å². The first-order valence-corrected chi connectivity index (χ1v) is 6.86. The van der Waals surface area contributed by atoms with E-state index >= 15 is 0 Å². The molecule has 0 amide bonds. The van der Waals surface area contributed by atoms with Gasteiger partial charge in [-0.3, -0.25) is 9.69 Å². The van der Waals surface area contributed by atoms with Crippen LogP contribution in [0.3, 0.4) is 0 Å². The molecule has 0 aromatic heterocycles. The zero-order chi connectivity index (χ0) is 15.2. The summed E-state index contributed by atoms with van der Waals surface area (Å²) in [5.41, 5.74) is 3.46. The highest BCUT2D eigenvalue weighted by Gasteiger charge is 2.11. The number of Topliss-reactive ketones (excluding diaryl/α,β-unsaturated/α-hetero) is 1. The lowest BCUT2D eigenvalue weighted by Crippen LogP contribution is -2.26. The lowest BCUT2D eigenvalue weighted by molar-refractivity contribution is 0.0942. The Balaban J connectivity index is 2.02. The Bertz CT molecular complexity index is 686. The van der Waals surface area contributed by atoms with E-state index in [1.165, 1.54) is 0 Å². The predicted molar refractivity (Wildman–Crippen MR) is 83.0 cm³/mol. The Labute approximate surface area is 125 Å². The molecule has 0 N–H and O–H groups in total. The summed E-state index contributed by atoms with van der Waals surface area (Å²) in [6, 6.07) is 17.2. The summed E-state index contributed by atoms with van der Waals surface area (Å²) in [6.45, 7) is 2.96. The standard InChI is InChI=1S/C18H18N2O/c1-14-6-3-4-9-17(14)18(21)13-20(2)12-16-8-5-7-15(10-16)11-19/h3-10H,12-13H2,1-2H3. The smallest absolute Gasteiger partial charge is 0.177 e. The van der Waals surface area contributed by atoms with Crippen LogP contribution in [0.1, 0.15) is 27.0 Å². The average molecular weight is 278 g/mol. The molecule has 0 bridgehead atoms. The highest BCUT2D eigenvalue weighted by atomic mass is 16.1. The summed E-state index contributed by atoms with van der Waals surface area (Å²) >= 11 is 0. The third-order valence-corrected chi connectivity index (χ3v) is 3.37. The molecule has 2 rings (SSSR count). The summed E-state index contributed by atoms with van der Waals surface area (Å²) in [6.07, 6.45) is 0. The first-order chi connectivity index (χ1) is 10.1. The third kappa shape index (κ3) is 4.01. The minimum atomic E-state index is 0.118. The van der Waals surface area contributed by atoms with Crippen LogP contribution in [0.25, 0.3) is 0 Å². The molecule has 0 radical (unpaired) electrons. The second-order valence-electron chi connectivity index (χ2n) is 5.22. The number of hydrogen-bond acceptors (Lipinski definition) is 3. The highest BCUT2D eigenvalue weighted by Crippen LogP contribution is 2.10. The quantitative estimate of drug-likeness (QED) is 0.789. The Kier molecular flexibility index (Phi) is 4.86. The van der Waals surface area contributed by atoms with Crippen LogP contribution >= 0.6 is 0 Å². The van der Waals surface area contributed by atoms with Gasteiger partial charge in [0.25, 0.3) is 0 Å². The minimum absolute atomic E-state index is 0.118. The molecule has 0 saturated heterocycles. The second-order valence-corrected chi connectivity index (χ2v) is 5.22. The fourth-order valence-electron chi connectivity index (χ4n) is 2.32. The Morgan fingerprint density at radius 2 is 1.95 bits per heavy atom. The van der Waals surface area contributed by atoms with Gasteiger partial charge in [-0.15, -0.1) is 0 Å². The lowest BCUT2D eigenvalue weighted by Gasteiger charge is -2.16. The van der Waals surface area contributed by atoms with E-state index < -0.39 is 0 Å². The van der Waals surface area contributed by atoms with Crippen molar-refractivity contribution in [2.24, 2.45) is 0 Å². The van der Waals surface area contributed by atoms with Gasteiger partial charge in [-0.2, -0.15) is 5.26 Å². The van der Waals surface area contributed by atoms with Crippen molar-refractivity contribution in [3.63, 3.8) is 0 Å². The number of benzene rings is 2. The van der Waals surface area contributed by atoms with E-state index in [1.54, 1.807) is 6.07 Å². The maximum absolute atomic E-state index is 12.3. The van der Waals surface area contributed by atoms with Gasteiger partial charge in [0, 0.05) is 12.1 Å². The number of hydrogen-bond donors (Lipinski definition) is 0. The summed E-state index contributed by atoms with van der Waals surface area (Å²) in [4.78, 5) is 14.3. The number of nitriles is 1. The van der Waals surface area contributed by atoms with E-state index in [9.17, 15) is 4.79 Å². The van der Waals surface area contributed by atoms with Crippen LogP contribution in [-0.2, 0) is 6.54 Å². The van der Waals surface area contributed by atoms with Gasteiger partial charge >= 0.3 is 0 Å². The van der Waals surface area contributed by atoms with Crippen LogP contribution in [0, 0.1) is 18.3 Å². The molecule has 0 spiro atoms.